The van der Waals surface area contributed by atoms with Crippen LogP contribution in [0.4, 0.5) is 4.79 Å². The Morgan fingerprint density at radius 1 is 1.53 bits per heavy atom. The van der Waals surface area contributed by atoms with E-state index in [2.05, 4.69) is 5.32 Å². The smallest absolute Gasteiger partial charge is 0.406 e. The monoisotopic (exact) mass is 207 g/mol. The molecule has 1 aromatic rings. The third-order valence-electron chi connectivity index (χ3n) is 2.74. The molecule has 0 radical (unpaired) electrons. The molecular weight excluding hydrogens is 194 g/mol. The standard InChI is InChI=1S/C11H13NO3/c1-2-11(8-6-4-3-5-7-8)9(15-11)12-10(13)14/h3-7,9,12H,2H2,1H3,(H,13,14). The second kappa shape index (κ2) is 3.55. The lowest BCUT2D eigenvalue weighted by molar-refractivity contribution is 0.188. The van der Waals surface area contributed by atoms with E-state index in [1.165, 1.54) is 0 Å². The highest BCUT2D eigenvalue weighted by molar-refractivity contribution is 5.65. The molecule has 2 unspecified atom stereocenters. The Morgan fingerprint density at radius 3 is 2.73 bits per heavy atom. The van der Waals surface area contributed by atoms with E-state index in [-0.39, 0.29) is 0 Å². The summed E-state index contributed by atoms with van der Waals surface area (Å²) in [5, 5.41) is 11.0. The lowest BCUT2D eigenvalue weighted by Crippen LogP contribution is -2.29. The SMILES string of the molecule is CCC1(c2ccccc2)OC1NC(=O)O. The van der Waals surface area contributed by atoms with E-state index < -0.39 is 17.9 Å². The fourth-order valence-electron chi connectivity index (χ4n) is 1.85. The van der Waals surface area contributed by atoms with Gasteiger partial charge in [0.15, 0.2) is 6.23 Å². The fraction of sp³-hybridized carbons (Fsp3) is 0.364. The van der Waals surface area contributed by atoms with Crippen LogP contribution in [0.1, 0.15) is 18.9 Å². The Kier molecular flexibility index (Phi) is 2.36. The summed E-state index contributed by atoms with van der Waals surface area (Å²) in [7, 11) is 0. The Labute approximate surface area is 87.9 Å². The van der Waals surface area contributed by atoms with Crippen molar-refractivity contribution in [3.63, 3.8) is 0 Å². The predicted molar refractivity (Wildman–Crippen MR) is 54.4 cm³/mol. The highest BCUT2D eigenvalue weighted by Crippen LogP contribution is 2.47. The summed E-state index contributed by atoms with van der Waals surface area (Å²) >= 11 is 0. The van der Waals surface area contributed by atoms with E-state index >= 15 is 0 Å². The van der Waals surface area contributed by atoms with Crippen molar-refractivity contribution in [3.8, 4) is 0 Å². The first-order valence-electron chi connectivity index (χ1n) is 4.92. The number of nitrogens with one attached hydrogen (secondary N) is 1. The van der Waals surface area contributed by atoms with Gasteiger partial charge in [-0.3, -0.25) is 5.32 Å². The number of hydrogen-bond acceptors (Lipinski definition) is 2. The van der Waals surface area contributed by atoms with Crippen LogP contribution in [0.15, 0.2) is 30.3 Å². The minimum atomic E-state index is -1.05. The lowest BCUT2D eigenvalue weighted by atomic mass is 9.95. The molecule has 80 valence electrons. The molecule has 0 saturated carbocycles. The molecule has 1 amide bonds. The molecule has 1 aliphatic heterocycles. The summed E-state index contributed by atoms with van der Waals surface area (Å²) in [5.41, 5.74) is 0.561. The first kappa shape index (κ1) is 9.98. The van der Waals surface area contributed by atoms with E-state index in [9.17, 15) is 4.79 Å². The van der Waals surface area contributed by atoms with E-state index in [0.717, 1.165) is 12.0 Å². The van der Waals surface area contributed by atoms with Gasteiger partial charge in [0.25, 0.3) is 0 Å². The topological polar surface area (TPSA) is 61.9 Å². The third-order valence-corrected chi connectivity index (χ3v) is 2.74. The molecule has 1 aliphatic rings. The van der Waals surface area contributed by atoms with Crippen LogP contribution in [-0.2, 0) is 10.3 Å². The molecule has 2 atom stereocenters. The van der Waals surface area contributed by atoms with Crippen molar-refractivity contribution < 1.29 is 14.6 Å². The molecule has 4 heteroatoms. The van der Waals surface area contributed by atoms with Crippen LogP contribution in [0.3, 0.4) is 0 Å². The van der Waals surface area contributed by atoms with Gasteiger partial charge in [0.05, 0.1) is 0 Å². The van der Waals surface area contributed by atoms with Gasteiger partial charge in [-0.25, -0.2) is 4.79 Å². The number of amides is 1. The van der Waals surface area contributed by atoms with Crippen molar-refractivity contribution in [3.05, 3.63) is 35.9 Å². The van der Waals surface area contributed by atoms with Gasteiger partial charge in [0.2, 0.25) is 0 Å². The number of carbonyl (C=O) groups is 1. The van der Waals surface area contributed by atoms with Crippen LogP contribution in [0, 0.1) is 0 Å². The molecule has 0 aliphatic carbocycles. The van der Waals surface area contributed by atoms with E-state index in [1.54, 1.807) is 0 Å². The second-order valence-corrected chi connectivity index (χ2v) is 3.56. The van der Waals surface area contributed by atoms with Crippen LogP contribution in [-0.4, -0.2) is 17.4 Å². The molecule has 1 aromatic carbocycles. The first-order chi connectivity index (χ1) is 7.19. The molecule has 1 saturated heterocycles. The van der Waals surface area contributed by atoms with Gasteiger partial charge in [-0.15, -0.1) is 0 Å². The van der Waals surface area contributed by atoms with Crippen molar-refractivity contribution in [2.75, 3.05) is 0 Å². The van der Waals surface area contributed by atoms with Crippen LogP contribution in [0.5, 0.6) is 0 Å². The maximum atomic E-state index is 10.5. The minimum absolute atomic E-state index is 0.414. The van der Waals surface area contributed by atoms with Crippen molar-refractivity contribution in [2.45, 2.75) is 25.2 Å². The Morgan fingerprint density at radius 2 is 2.20 bits per heavy atom. The van der Waals surface area contributed by atoms with Gasteiger partial charge >= 0.3 is 6.09 Å². The number of benzene rings is 1. The van der Waals surface area contributed by atoms with Gasteiger partial charge < -0.3 is 9.84 Å². The van der Waals surface area contributed by atoms with Crippen molar-refractivity contribution in [1.29, 1.82) is 0 Å². The summed E-state index contributed by atoms with van der Waals surface area (Å²) in [6, 6.07) is 9.67. The number of ether oxygens (including phenoxy) is 1. The molecule has 4 nitrogen and oxygen atoms in total. The van der Waals surface area contributed by atoms with E-state index in [0.29, 0.717) is 0 Å². The molecular formula is C11H13NO3. The number of carboxylic acid groups (broad SMARTS) is 1. The van der Waals surface area contributed by atoms with E-state index in [1.807, 2.05) is 37.3 Å². The van der Waals surface area contributed by atoms with Crippen LogP contribution in [0.25, 0.3) is 0 Å². The Bertz CT molecular complexity index is 365. The molecule has 0 aromatic heterocycles. The predicted octanol–water partition coefficient (Wildman–Crippen LogP) is 1.92. The molecule has 2 rings (SSSR count). The second-order valence-electron chi connectivity index (χ2n) is 3.56. The molecule has 0 spiro atoms. The van der Waals surface area contributed by atoms with E-state index in [4.69, 9.17) is 9.84 Å². The molecule has 2 N–H and O–H groups in total. The molecule has 15 heavy (non-hydrogen) atoms. The van der Waals surface area contributed by atoms with Crippen molar-refractivity contribution >= 4 is 6.09 Å². The van der Waals surface area contributed by atoms with Gasteiger partial charge in [-0.2, -0.15) is 0 Å². The first-order valence-corrected chi connectivity index (χ1v) is 4.92. The van der Waals surface area contributed by atoms with Gasteiger partial charge in [0.1, 0.15) is 5.60 Å². The molecule has 1 heterocycles. The van der Waals surface area contributed by atoms with Crippen molar-refractivity contribution in [1.82, 2.24) is 5.32 Å². The Hall–Kier alpha value is -1.55. The third kappa shape index (κ3) is 1.68. The van der Waals surface area contributed by atoms with Crippen LogP contribution < -0.4 is 5.32 Å². The number of epoxide rings is 1. The summed E-state index contributed by atoms with van der Waals surface area (Å²) < 4.78 is 5.46. The zero-order chi connectivity index (χ0) is 10.9. The highest BCUT2D eigenvalue weighted by atomic mass is 16.6. The maximum absolute atomic E-state index is 10.5. The zero-order valence-electron chi connectivity index (χ0n) is 8.43. The summed E-state index contributed by atoms with van der Waals surface area (Å²) in [5.74, 6) is 0. The van der Waals surface area contributed by atoms with Gasteiger partial charge in [-0.05, 0) is 12.0 Å². The maximum Gasteiger partial charge on any atom is 0.406 e. The highest BCUT2D eigenvalue weighted by Gasteiger charge is 2.57. The van der Waals surface area contributed by atoms with Gasteiger partial charge in [0, 0.05) is 0 Å². The average Bonchev–Trinajstić information content (AvgIpc) is 2.93. The average molecular weight is 207 g/mol. The summed E-state index contributed by atoms with van der Waals surface area (Å²) in [4.78, 5) is 10.5. The summed E-state index contributed by atoms with van der Waals surface area (Å²) in [6.07, 6.45) is -0.712. The van der Waals surface area contributed by atoms with Crippen molar-refractivity contribution in [2.24, 2.45) is 0 Å². The normalized spacial score (nSPS) is 28.5. The number of rotatable bonds is 3. The van der Waals surface area contributed by atoms with Crippen LogP contribution in [0.2, 0.25) is 0 Å². The number of hydrogen-bond donors (Lipinski definition) is 2. The lowest BCUT2D eigenvalue weighted by Gasteiger charge is -2.09. The Balaban J connectivity index is 2.17. The van der Waals surface area contributed by atoms with Crippen LogP contribution >= 0.6 is 0 Å². The minimum Gasteiger partial charge on any atom is -0.465 e. The molecule has 0 bridgehead atoms. The fourth-order valence-corrected chi connectivity index (χ4v) is 1.85. The zero-order valence-corrected chi connectivity index (χ0v) is 8.43. The quantitative estimate of drug-likeness (QED) is 0.744. The largest absolute Gasteiger partial charge is 0.465 e. The van der Waals surface area contributed by atoms with Gasteiger partial charge in [-0.1, -0.05) is 37.3 Å². The molecule has 1 fully saturated rings. The summed E-state index contributed by atoms with van der Waals surface area (Å²) in [6.45, 7) is 1.98.